The number of nitro groups is 1. The molecular weight excluding hydrogens is 454 g/mol. The number of hydrogen-bond donors (Lipinski definition) is 2. The van der Waals surface area contributed by atoms with E-state index in [1.54, 1.807) is 13.0 Å². The summed E-state index contributed by atoms with van der Waals surface area (Å²) in [5.41, 5.74) is 7.50. The highest BCUT2D eigenvalue weighted by molar-refractivity contribution is 7.17. The molecule has 0 radical (unpaired) electrons. The van der Waals surface area contributed by atoms with E-state index in [0.29, 0.717) is 33.4 Å². The summed E-state index contributed by atoms with van der Waals surface area (Å²) in [6.45, 7) is 1.97. The number of fused-ring (bicyclic) bond motifs is 1. The van der Waals surface area contributed by atoms with Crippen LogP contribution in [0.4, 0.5) is 10.0 Å². The van der Waals surface area contributed by atoms with Crippen LogP contribution in [0.25, 0.3) is 6.08 Å². The Labute approximate surface area is 190 Å². The molecule has 3 N–H and O–H groups in total. The van der Waals surface area contributed by atoms with E-state index < -0.39 is 16.7 Å². The van der Waals surface area contributed by atoms with Gasteiger partial charge >= 0.3 is 5.00 Å². The number of rotatable bonds is 7. The number of ether oxygens (including phenoxy) is 2. The number of nitrogens with zero attached hydrogens (tertiary/aromatic N) is 1. The van der Waals surface area contributed by atoms with E-state index in [2.05, 4.69) is 5.32 Å². The highest BCUT2D eigenvalue weighted by Gasteiger charge is 2.21. The van der Waals surface area contributed by atoms with Gasteiger partial charge in [-0.3, -0.25) is 19.7 Å². The monoisotopic (exact) mass is 471 g/mol. The van der Waals surface area contributed by atoms with E-state index in [4.69, 9.17) is 15.2 Å². The quantitative estimate of drug-likeness (QED) is 0.303. The SMILES string of the molecule is Cc1c(Cc2ccc3c(c2)OCO3)sc(NC(=O)/C=C/c2ccc([N+](=O)[O-])s2)c1C(N)=O. The summed E-state index contributed by atoms with van der Waals surface area (Å²) in [7, 11) is 0. The first-order chi connectivity index (χ1) is 15.3. The van der Waals surface area contributed by atoms with Gasteiger partial charge in [0.15, 0.2) is 11.5 Å². The molecule has 0 aliphatic carbocycles. The smallest absolute Gasteiger partial charge is 0.324 e. The molecule has 3 heterocycles. The summed E-state index contributed by atoms with van der Waals surface area (Å²) in [6.07, 6.45) is 3.26. The predicted molar refractivity (Wildman–Crippen MR) is 122 cm³/mol. The minimum Gasteiger partial charge on any atom is -0.454 e. The Balaban J connectivity index is 1.52. The van der Waals surface area contributed by atoms with Crippen molar-refractivity contribution in [2.75, 3.05) is 12.1 Å². The minimum atomic E-state index is -0.635. The van der Waals surface area contributed by atoms with Crippen LogP contribution in [0.2, 0.25) is 0 Å². The van der Waals surface area contributed by atoms with Crippen LogP contribution in [0.3, 0.4) is 0 Å². The fraction of sp³-hybridized carbons (Fsp3) is 0.143. The third-order valence-corrected chi connectivity index (χ3v) is 6.93. The van der Waals surface area contributed by atoms with Crippen LogP contribution >= 0.6 is 22.7 Å². The van der Waals surface area contributed by atoms with Crippen molar-refractivity contribution in [1.29, 1.82) is 0 Å². The van der Waals surface area contributed by atoms with Gasteiger partial charge in [0.25, 0.3) is 5.91 Å². The topological polar surface area (TPSA) is 134 Å². The largest absolute Gasteiger partial charge is 0.454 e. The van der Waals surface area contributed by atoms with Crippen LogP contribution in [0.15, 0.2) is 36.4 Å². The van der Waals surface area contributed by atoms with Gasteiger partial charge in [-0.05, 0) is 42.3 Å². The molecule has 0 saturated heterocycles. The fourth-order valence-electron chi connectivity index (χ4n) is 3.19. The molecular formula is C21H17N3O6S2. The molecule has 1 aliphatic heterocycles. The number of carbonyl (C=O) groups is 2. The highest BCUT2D eigenvalue weighted by atomic mass is 32.1. The number of benzene rings is 1. The van der Waals surface area contributed by atoms with Gasteiger partial charge in [0, 0.05) is 28.3 Å². The van der Waals surface area contributed by atoms with Crippen LogP contribution < -0.4 is 20.5 Å². The Hall–Kier alpha value is -3.70. The molecule has 1 aromatic carbocycles. The van der Waals surface area contributed by atoms with Crippen molar-refractivity contribution in [2.45, 2.75) is 13.3 Å². The van der Waals surface area contributed by atoms with Gasteiger partial charge in [0.2, 0.25) is 12.7 Å². The summed E-state index contributed by atoms with van der Waals surface area (Å²) in [6, 6.07) is 8.56. The normalized spacial score (nSPS) is 12.3. The zero-order valence-corrected chi connectivity index (χ0v) is 18.4. The van der Waals surface area contributed by atoms with Gasteiger partial charge in [-0.2, -0.15) is 0 Å². The fourth-order valence-corrected chi connectivity index (χ4v) is 5.16. The predicted octanol–water partition coefficient (Wildman–Crippen LogP) is 4.10. The molecule has 9 nitrogen and oxygen atoms in total. The average Bonchev–Trinajstić information content (AvgIpc) is 3.46. The Kier molecular flexibility index (Phi) is 5.93. The second kappa shape index (κ2) is 8.81. The maximum absolute atomic E-state index is 12.4. The van der Waals surface area contributed by atoms with Crippen molar-refractivity contribution < 1.29 is 24.0 Å². The first-order valence-corrected chi connectivity index (χ1v) is 11.0. The Morgan fingerprint density at radius 3 is 2.72 bits per heavy atom. The molecule has 0 bridgehead atoms. The molecule has 0 spiro atoms. The number of nitrogens with two attached hydrogens (primary N) is 1. The lowest BCUT2D eigenvalue weighted by atomic mass is 10.1. The van der Waals surface area contributed by atoms with Crippen molar-refractivity contribution in [3.8, 4) is 11.5 Å². The molecule has 11 heteroatoms. The molecule has 32 heavy (non-hydrogen) atoms. The average molecular weight is 472 g/mol. The Morgan fingerprint density at radius 2 is 2.00 bits per heavy atom. The summed E-state index contributed by atoms with van der Waals surface area (Å²) < 4.78 is 10.7. The molecule has 0 fully saturated rings. The van der Waals surface area contributed by atoms with Crippen LogP contribution in [0, 0.1) is 17.0 Å². The van der Waals surface area contributed by atoms with Gasteiger partial charge in [0.1, 0.15) is 5.00 Å². The lowest BCUT2D eigenvalue weighted by molar-refractivity contribution is -0.380. The molecule has 3 aromatic rings. The maximum Gasteiger partial charge on any atom is 0.324 e. The first-order valence-electron chi connectivity index (χ1n) is 9.35. The van der Waals surface area contributed by atoms with E-state index in [-0.39, 0.29) is 17.4 Å². The van der Waals surface area contributed by atoms with Gasteiger partial charge in [0.05, 0.1) is 10.5 Å². The van der Waals surface area contributed by atoms with Crippen molar-refractivity contribution in [1.82, 2.24) is 0 Å². The second-order valence-corrected chi connectivity index (χ2v) is 9.04. The number of anilines is 1. The number of primary amides is 1. The molecule has 1 aliphatic rings. The standard InChI is InChI=1S/C21H17N3O6S2/c1-11-16(9-12-2-5-14-15(8-12)30-10-29-14)32-21(19(11)20(22)26)23-17(25)6-3-13-4-7-18(31-13)24(27)28/h2-8H,9-10H2,1H3,(H2,22,26)(H,23,25)/b6-3+. The van der Waals surface area contributed by atoms with Crippen LogP contribution in [0.5, 0.6) is 11.5 Å². The molecule has 2 amide bonds. The van der Waals surface area contributed by atoms with E-state index in [1.165, 1.54) is 29.6 Å². The van der Waals surface area contributed by atoms with Gasteiger partial charge < -0.3 is 20.5 Å². The molecule has 4 rings (SSSR count). The third-order valence-electron chi connectivity index (χ3n) is 4.72. The molecule has 0 atom stereocenters. The minimum absolute atomic E-state index is 0.0110. The van der Waals surface area contributed by atoms with Crippen molar-refractivity contribution >= 4 is 50.6 Å². The van der Waals surface area contributed by atoms with Crippen LogP contribution in [-0.4, -0.2) is 23.5 Å². The number of amides is 2. The lowest BCUT2D eigenvalue weighted by Crippen LogP contribution is -2.16. The number of carbonyl (C=O) groups excluding carboxylic acids is 2. The van der Waals surface area contributed by atoms with E-state index in [9.17, 15) is 19.7 Å². The lowest BCUT2D eigenvalue weighted by Gasteiger charge is -2.03. The highest BCUT2D eigenvalue weighted by Crippen LogP contribution is 2.37. The number of hydrogen-bond acceptors (Lipinski definition) is 8. The van der Waals surface area contributed by atoms with Crippen molar-refractivity contribution in [3.05, 3.63) is 73.0 Å². The van der Waals surface area contributed by atoms with Gasteiger partial charge in [-0.25, -0.2) is 0 Å². The van der Waals surface area contributed by atoms with E-state index >= 15 is 0 Å². The summed E-state index contributed by atoms with van der Waals surface area (Å²) in [4.78, 5) is 36.2. The summed E-state index contributed by atoms with van der Waals surface area (Å²) in [5.74, 6) is 0.243. The molecule has 0 saturated carbocycles. The zero-order valence-electron chi connectivity index (χ0n) is 16.7. The van der Waals surface area contributed by atoms with E-state index in [0.717, 1.165) is 21.8 Å². The van der Waals surface area contributed by atoms with Crippen molar-refractivity contribution in [3.63, 3.8) is 0 Å². The molecule has 2 aromatic heterocycles. The number of nitrogens with one attached hydrogen (secondary N) is 1. The molecule has 0 unspecified atom stereocenters. The van der Waals surface area contributed by atoms with Crippen LogP contribution in [-0.2, 0) is 11.2 Å². The van der Waals surface area contributed by atoms with Gasteiger partial charge in [-0.15, -0.1) is 11.3 Å². The van der Waals surface area contributed by atoms with Crippen molar-refractivity contribution in [2.24, 2.45) is 5.73 Å². The maximum atomic E-state index is 12.4. The van der Waals surface area contributed by atoms with E-state index in [1.807, 2.05) is 18.2 Å². The summed E-state index contributed by atoms with van der Waals surface area (Å²) >= 11 is 2.23. The summed E-state index contributed by atoms with van der Waals surface area (Å²) in [5, 5.41) is 13.8. The van der Waals surface area contributed by atoms with Gasteiger partial charge in [-0.1, -0.05) is 17.4 Å². The molecule has 164 valence electrons. The van der Waals surface area contributed by atoms with Crippen LogP contribution in [0.1, 0.15) is 31.2 Å². The second-order valence-electron chi connectivity index (χ2n) is 6.84. The Bertz CT molecular complexity index is 1260. The zero-order chi connectivity index (χ0) is 22.8. The number of thiophene rings is 2. The first kappa shape index (κ1) is 21.5. The third kappa shape index (κ3) is 4.48. The Morgan fingerprint density at radius 1 is 1.22 bits per heavy atom.